The zero-order valence-corrected chi connectivity index (χ0v) is 12.0. The van der Waals surface area contributed by atoms with Gasteiger partial charge in [0.25, 0.3) is 0 Å². The van der Waals surface area contributed by atoms with Crippen LogP contribution in [0, 0.1) is 11.6 Å². The molecule has 0 bridgehead atoms. The van der Waals surface area contributed by atoms with E-state index in [4.69, 9.17) is 5.73 Å². The van der Waals surface area contributed by atoms with Crippen molar-refractivity contribution in [2.75, 3.05) is 0 Å². The Hall–Kier alpha value is -1.27. The fraction of sp³-hybridized carbons (Fsp3) is 0.308. The summed E-state index contributed by atoms with van der Waals surface area (Å²) in [6.45, 7) is 0. The molecule has 0 aliphatic rings. The first kappa shape index (κ1) is 14.1. The lowest BCUT2D eigenvalue weighted by Crippen LogP contribution is -2.14. The van der Waals surface area contributed by atoms with Gasteiger partial charge in [-0.1, -0.05) is 6.07 Å². The molecule has 6 heteroatoms. The van der Waals surface area contributed by atoms with E-state index in [9.17, 15) is 8.78 Å². The highest BCUT2D eigenvalue weighted by molar-refractivity contribution is 9.10. The summed E-state index contributed by atoms with van der Waals surface area (Å²) in [6, 6.07) is 4.15. The first-order valence-electron chi connectivity index (χ1n) is 5.86. The number of rotatable bonds is 4. The number of benzene rings is 1. The Morgan fingerprint density at radius 2 is 2.11 bits per heavy atom. The highest BCUT2D eigenvalue weighted by Crippen LogP contribution is 2.28. The highest BCUT2D eigenvalue weighted by atomic mass is 79.9. The maximum atomic E-state index is 13.4. The molecule has 1 aromatic heterocycles. The molecule has 0 spiro atoms. The molecule has 1 heterocycles. The second-order valence-corrected chi connectivity index (χ2v) is 5.15. The lowest BCUT2D eigenvalue weighted by molar-refractivity contribution is 0.498. The van der Waals surface area contributed by atoms with Gasteiger partial charge in [-0.15, -0.1) is 0 Å². The van der Waals surface area contributed by atoms with Gasteiger partial charge in [0.2, 0.25) is 0 Å². The molecule has 0 aliphatic heterocycles. The molecule has 0 fully saturated rings. The van der Waals surface area contributed by atoms with Gasteiger partial charge in [-0.05, 0) is 46.5 Å². The molecular formula is C13H14BrF2N3. The molecule has 0 aliphatic carbocycles. The summed E-state index contributed by atoms with van der Waals surface area (Å²) >= 11 is 3.05. The third-order valence-electron chi connectivity index (χ3n) is 3.10. The Morgan fingerprint density at radius 1 is 1.37 bits per heavy atom. The quantitative estimate of drug-likeness (QED) is 0.876. The number of aromatic nitrogens is 2. The minimum atomic E-state index is -0.895. The summed E-state index contributed by atoms with van der Waals surface area (Å²) in [5.74, 6) is -1.78. The van der Waals surface area contributed by atoms with E-state index in [1.165, 1.54) is 6.07 Å². The molecule has 3 nitrogen and oxygen atoms in total. The Bertz CT molecular complexity index is 583. The van der Waals surface area contributed by atoms with E-state index in [-0.39, 0.29) is 10.5 Å². The van der Waals surface area contributed by atoms with Crippen LogP contribution >= 0.6 is 15.9 Å². The van der Waals surface area contributed by atoms with Crippen molar-refractivity contribution in [2.45, 2.75) is 18.9 Å². The summed E-state index contributed by atoms with van der Waals surface area (Å²) in [4.78, 5) is 0. The van der Waals surface area contributed by atoms with E-state index >= 15 is 0 Å². The van der Waals surface area contributed by atoms with Crippen molar-refractivity contribution in [3.05, 3.63) is 51.8 Å². The molecule has 1 atom stereocenters. The second kappa shape index (κ2) is 5.79. The first-order valence-corrected chi connectivity index (χ1v) is 6.66. The maximum absolute atomic E-state index is 13.4. The molecule has 102 valence electrons. The van der Waals surface area contributed by atoms with Crippen LogP contribution in [0.5, 0.6) is 0 Å². The van der Waals surface area contributed by atoms with E-state index in [1.54, 1.807) is 10.9 Å². The standard InChI is InChI=1S/C13H14BrF2N3/c1-19-8(6-7-18-19)2-5-11(17)9-3-4-10(15)13(16)12(9)14/h3-4,6-7,11H,2,5,17H2,1H3. The maximum Gasteiger partial charge on any atom is 0.173 e. The van der Waals surface area contributed by atoms with Crippen molar-refractivity contribution in [3.8, 4) is 0 Å². The van der Waals surface area contributed by atoms with Crippen LogP contribution in [0.15, 0.2) is 28.9 Å². The van der Waals surface area contributed by atoms with Gasteiger partial charge in [0.05, 0.1) is 4.47 Å². The fourth-order valence-electron chi connectivity index (χ4n) is 1.93. The number of halogens is 3. The molecule has 2 N–H and O–H groups in total. The first-order chi connectivity index (χ1) is 9.00. The minimum absolute atomic E-state index is 0.102. The number of nitrogens with zero attached hydrogens (tertiary/aromatic N) is 2. The summed E-state index contributed by atoms with van der Waals surface area (Å²) in [6.07, 6.45) is 3.07. The van der Waals surface area contributed by atoms with E-state index in [0.717, 1.165) is 18.2 Å². The van der Waals surface area contributed by atoms with Crippen molar-refractivity contribution in [1.29, 1.82) is 0 Å². The zero-order chi connectivity index (χ0) is 14.0. The largest absolute Gasteiger partial charge is 0.324 e. The van der Waals surface area contributed by atoms with Crippen LogP contribution in [-0.2, 0) is 13.5 Å². The SMILES string of the molecule is Cn1nccc1CCC(N)c1ccc(F)c(F)c1Br. The van der Waals surface area contributed by atoms with Gasteiger partial charge < -0.3 is 5.73 Å². The smallest absolute Gasteiger partial charge is 0.173 e. The lowest BCUT2D eigenvalue weighted by Gasteiger charge is -2.14. The second-order valence-electron chi connectivity index (χ2n) is 4.36. The van der Waals surface area contributed by atoms with Crippen molar-refractivity contribution in [3.63, 3.8) is 0 Å². The van der Waals surface area contributed by atoms with E-state index in [1.807, 2.05) is 13.1 Å². The van der Waals surface area contributed by atoms with Gasteiger partial charge in [-0.25, -0.2) is 8.78 Å². The molecule has 1 aromatic carbocycles. The minimum Gasteiger partial charge on any atom is -0.324 e. The summed E-state index contributed by atoms with van der Waals surface area (Å²) < 4.78 is 28.3. The molecule has 0 amide bonds. The average Bonchev–Trinajstić information content (AvgIpc) is 2.79. The monoisotopic (exact) mass is 329 g/mol. The molecular weight excluding hydrogens is 316 g/mol. The van der Waals surface area contributed by atoms with E-state index < -0.39 is 11.6 Å². The van der Waals surface area contributed by atoms with Crippen molar-refractivity contribution in [1.82, 2.24) is 9.78 Å². The Balaban J connectivity index is 2.10. The van der Waals surface area contributed by atoms with Gasteiger partial charge in [0, 0.05) is 25.0 Å². The topological polar surface area (TPSA) is 43.8 Å². The van der Waals surface area contributed by atoms with Crippen molar-refractivity contribution in [2.24, 2.45) is 12.8 Å². The number of hydrogen-bond donors (Lipinski definition) is 1. The predicted molar refractivity (Wildman–Crippen MR) is 72.5 cm³/mol. The molecule has 0 radical (unpaired) electrons. The summed E-state index contributed by atoms with van der Waals surface area (Å²) in [5.41, 5.74) is 7.65. The van der Waals surface area contributed by atoms with Gasteiger partial charge in [0.15, 0.2) is 11.6 Å². The van der Waals surface area contributed by atoms with Crippen molar-refractivity contribution >= 4 is 15.9 Å². The lowest BCUT2D eigenvalue weighted by atomic mass is 10.0. The van der Waals surface area contributed by atoms with Crippen LogP contribution in [0.4, 0.5) is 8.78 Å². The third kappa shape index (κ3) is 3.01. The number of aryl methyl sites for hydroxylation is 2. The molecule has 19 heavy (non-hydrogen) atoms. The average molecular weight is 330 g/mol. The van der Waals surface area contributed by atoms with Gasteiger partial charge in [-0.3, -0.25) is 4.68 Å². The van der Waals surface area contributed by atoms with Crippen LogP contribution < -0.4 is 5.73 Å². The Labute approximate surface area is 118 Å². The van der Waals surface area contributed by atoms with Crippen LogP contribution in [0.25, 0.3) is 0 Å². The van der Waals surface area contributed by atoms with Gasteiger partial charge in [0.1, 0.15) is 0 Å². The summed E-state index contributed by atoms with van der Waals surface area (Å²) in [7, 11) is 1.86. The number of hydrogen-bond acceptors (Lipinski definition) is 2. The fourth-order valence-corrected chi connectivity index (χ4v) is 2.55. The third-order valence-corrected chi connectivity index (χ3v) is 3.90. The van der Waals surface area contributed by atoms with E-state index in [0.29, 0.717) is 12.0 Å². The van der Waals surface area contributed by atoms with Gasteiger partial charge in [-0.2, -0.15) is 5.10 Å². The van der Waals surface area contributed by atoms with E-state index in [2.05, 4.69) is 21.0 Å². The van der Waals surface area contributed by atoms with Gasteiger partial charge >= 0.3 is 0 Å². The molecule has 2 aromatic rings. The van der Waals surface area contributed by atoms with Crippen LogP contribution in [-0.4, -0.2) is 9.78 Å². The Kier molecular flexibility index (Phi) is 4.31. The molecule has 1 unspecified atom stereocenters. The van der Waals surface area contributed by atoms with Crippen molar-refractivity contribution < 1.29 is 8.78 Å². The number of nitrogens with two attached hydrogens (primary N) is 1. The van der Waals surface area contributed by atoms with Crippen LogP contribution in [0.3, 0.4) is 0 Å². The summed E-state index contributed by atoms with van der Waals surface area (Å²) in [5, 5.41) is 4.07. The predicted octanol–water partition coefficient (Wildman–Crippen LogP) is 3.09. The van der Waals surface area contributed by atoms with Crippen LogP contribution in [0.2, 0.25) is 0 Å². The molecule has 0 saturated heterocycles. The highest BCUT2D eigenvalue weighted by Gasteiger charge is 2.16. The zero-order valence-electron chi connectivity index (χ0n) is 10.4. The molecule has 2 rings (SSSR count). The Morgan fingerprint density at radius 3 is 2.74 bits per heavy atom. The molecule has 0 saturated carbocycles. The normalized spacial score (nSPS) is 12.7. The van der Waals surface area contributed by atoms with Crippen LogP contribution in [0.1, 0.15) is 23.7 Å².